The van der Waals surface area contributed by atoms with Crippen molar-refractivity contribution in [2.45, 2.75) is 63.0 Å². The van der Waals surface area contributed by atoms with Gasteiger partial charge in [-0.2, -0.15) is 4.31 Å². The Labute approximate surface area is 185 Å². The molecule has 31 heavy (non-hydrogen) atoms. The summed E-state index contributed by atoms with van der Waals surface area (Å²) in [5.74, 6) is 0.0961. The van der Waals surface area contributed by atoms with Gasteiger partial charge in [0.25, 0.3) is 0 Å². The maximum Gasteiger partial charge on any atom is 0.407 e. The van der Waals surface area contributed by atoms with Crippen molar-refractivity contribution >= 4 is 28.1 Å². The predicted octanol–water partition coefficient (Wildman–Crippen LogP) is 2.78. The zero-order chi connectivity index (χ0) is 22.6. The number of alkyl carbamates (subject to hydrolysis) is 1. The van der Waals surface area contributed by atoms with Crippen LogP contribution in [0.3, 0.4) is 0 Å². The molecule has 0 atom stereocenters. The molecule has 0 unspecified atom stereocenters. The van der Waals surface area contributed by atoms with E-state index in [4.69, 9.17) is 4.74 Å². The van der Waals surface area contributed by atoms with Gasteiger partial charge in [0, 0.05) is 43.8 Å². The molecule has 1 N–H and O–H groups in total. The van der Waals surface area contributed by atoms with Crippen molar-refractivity contribution in [1.29, 1.82) is 0 Å². The molecule has 2 aliphatic rings. The highest BCUT2D eigenvalue weighted by molar-refractivity contribution is 7.89. The molecule has 0 aliphatic carbocycles. The van der Waals surface area contributed by atoms with E-state index in [0.717, 1.165) is 37.9 Å². The SMILES string of the molecule is CC(C)(C)OC(=O)NC1CCN(S(=O)(=O)c2cccc(N3CCC(C=O)CC3)c2)CC1. The van der Waals surface area contributed by atoms with Crippen molar-refractivity contribution in [3.05, 3.63) is 24.3 Å². The molecule has 0 saturated carbocycles. The number of ether oxygens (including phenoxy) is 1. The number of nitrogens with zero attached hydrogens (tertiary/aromatic N) is 2. The predicted molar refractivity (Wildman–Crippen MR) is 119 cm³/mol. The van der Waals surface area contributed by atoms with Crippen molar-refractivity contribution in [2.24, 2.45) is 5.92 Å². The highest BCUT2D eigenvalue weighted by Crippen LogP contribution is 2.27. The largest absolute Gasteiger partial charge is 0.444 e. The first-order valence-corrected chi connectivity index (χ1v) is 12.3. The van der Waals surface area contributed by atoms with E-state index in [1.165, 1.54) is 4.31 Å². The molecule has 2 saturated heterocycles. The summed E-state index contributed by atoms with van der Waals surface area (Å²) in [5, 5.41) is 2.83. The van der Waals surface area contributed by atoms with Gasteiger partial charge in [-0.1, -0.05) is 6.07 Å². The van der Waals surface area contributed by atoms with Gasteiger partial charge in [-0.25, -0.2) is 13.2 Å². The van der Waals surface area contributed by atoms with Gasteiger partial charge in [0.15, 0.2) is 0 Å². The molecule has 1 aromatic carbocycles. The number of hydrogen-bond donors (Lipinski definition) is 1. The Kier molecular flexibility index (Phi) is 7.26. The van der Waals surface area contributed by atoms with Gasteiger partial charge in [0.2, 0.25) is 10.0 Å². The van der Waals surface area contributed by atoms with Gasteiger partial charge in [0.1, 0.15) is 11.9 Å². The Morgan fingerprint density at radius 1 is 1.10 bits per heavy atom. The number of sulfonamides is 1. The summed E-state index contributed by atoms with van der Waals surface area (Å²) in [4.78, 5) is 25.4. The van der Waals surface area contributed by atoms with E-state index in [1.807, 2.05) is 6.07 Å². The molecule has 0 spiro atoms. The fourth-order valence-corrected chi connectivity index (χ4v) is 5.51. The van der Waals surface area contributed by atoms with Crippen LogP contribution in [0.4, 0.5) is 10.5 Å². The molecule has 9 heteroatoms. The van der Waals surface area contributed by atoms with Crippen LogP contribution in [0.1, 0.15) is 46.5 Å². The molecule has 2 fully saturated rings. The molecule has 0 radical (unpaired) electrons. The van der Waals surface area contributed by atoms with Crippen molar-refractivity contribution < 1.29 is 22.7 Å². The molecule has 1 amide bonds. The Morgan fingerprint density at radius 2 is 1.74 bits per heavy atom. The van der Waals surface area contributed by atoms with Crippen LogP contribution < -0.4 is 10.2 Å². The Balaban J connectivity index is 1.60. The van der Waals surface area contributed by atoms with E-state index in [2.05, 4.69) is 10.2 Å². The Hall–Kier alpha value is -2.13. The zero-order valence-electron chi connectivity index (χ0n) is 18.5. The van der Waals surface area contributed by atoms with Gasteiger partial charge in [0.05, 0.1) is 4.90 Å². The molecule has 2 heterocycles. The van der Waals surface area contributed by atoms with E-state index >= 15 is 0 Å². The van der Waals surface area contributed by atoms with Crippen LogP contribution in [0.15, 0.2) is 29.2 Å². The first kappa shape index (κ1) is 23.5. The third kappa shape index (κ3) is 6.20. The van der Waals surface area contributed by atoms with Crippen molar-refractivity contribution in [3.8, 4) is 0 Å². The average molecular weight is 452 g/mol. The second-order valence-electron chi connectivity index (χ2n) is 9.28. The lowest BCUT2D eigenvalue weighted by Crippen LogP contribution is -2.47. The second-order valence-corrected chi connectivity index (χ2v) is 11.2. The molecule has 2 aliphatic heterocycles. The lowest BCUT2D eigenvalue weighted by Gasteiger charge is -2.33. The minimum Gasteiger partial charge on any atom is -0.444 e. The molecular weight excluding hydrogens is 418 g/mol. The average Bonchev–Trinajstić information content (AvgIpc) is 2.73. The lowest BCUT2D eigenvalue weighted by molar-refractivity contribution is -0.111. The van der Waals surface area contributed by atoms with Crippen LogP contribution in [0.5, 0.6) is 0 Å². The number of aldehydes is 1. The van der Waals surface area contributed by atoms with Gasteiger partial charge >= 0.3 is 6.09 Å². The van der Waals surface area contributed by atoms with Gasteiger partial charge in [-0.05, 0) is 64.7 Å². The van der Waals surface area contributed by atoms with E-state index in [9.17, 15) is 18.0 Å². The van der Waals surface area contributed by atoms with Crippen LogP contribution in [-0.2, 0) is 19.6 Å². The fourth-order valence-electron chi connectivity index (χ4n) is 4.00. The van der Waals surface area contributed by atoms with Crippen LogP contribution in [0.2, 0.25) is 0 Å². The molecule has 1 aromatic rings. The molecule has 8 nitrogen and oxygen atoms in total. The smallest absolute Gasteiger partial charge is 0.407 e. The minimum absolute atomic E-state index is 0.0961. The number of rotatable bonds is 5. The normalized spacial score (nSPS) is 19.8. The monoisotopic (exact) mass is 451 g/mol. The maximum atomic E-state index is 13.2. The summed E-state index contributed by atoms with van der Waals surface area (Å²) in [7, 11) is -3.61. The number of benzene rings is 1. The van der Waals surface area contributed by atoms with Crippen LogP contribution in [0, 0.1) is 5.92 Å². The lowest BCUT2D eigenvalue weighted by atomic mass is 9.98. The van der Waals surface area contributed by atoms with Gasteiger partial charge in [-0.15, -0.1) is 0 Å². The van der Waals surface area contributed by atoms with Crippen LogP contribution >= 0.6 is 0 Å². The number of amides is 1. The first-order chi connectivity index (χ1) is 14.6. The number of carbonyl (C=O) groups excluding carboxylic acids is 2. The van der Waals surface area contributed by atoms with Crippen molar-refractivity contribution in [2.75, 3.05) is 31.1 Å². The summed E-state index contributed by atoms with van der Waals surface area (Å²) >= 11 is 0. The highest BCUT2D eigenvalue weighted by atomic mass is 32.2. The molecular formula is C22H33N3O5S. The summed E-state index contributed by atoms with van der Waals surface area (Å²) in [6.07, 6.45) is 3.20. The zero-order valence-corrected chi connectivity index (χ0v) is 19.4. The molecule has 3 rings (SSSR count). The standard InChI is InChI=1S/C22H33N3O5S/c1-22(2,3)30-21(27)23-18-9-13-25(14-10-18)31(28,29)20-6-4-5-19(15-20)24-11-7-17(16-26)8-12-24/h4-6,15-18H,7-14H2,1-3H3,(H,23,27). The number of nitrogens with one attached hydrogen (secondary N) is 1. The Morgan fingerprint density at radius 3 is 2.32 bits per heavy atom. The minimum atomic E-state index is -3.61. The third-order valence-corrected chi connectivity index (χ3v) is 7.62. The van der Waals surface area contributed by atoms with Crippen LogP contribution in [0.25, 0.3) is 0 Å². The van der Waals surface area contributed by atoms with Gasteiger partial charge in [-0.3, -0.25) is 0 Å². The molecule has 172 valence electrons. The summed E-state index contributed by atoms with van der Waals surface area (Å²) in [6.45, 7) is 7.60. The Bertz CT molecular complexity index is 881. The first-order valence-electron chi connectivity index (χ1n) is 10.9. The van der Waals surface area contributed by atoms with Crippen LogP contribution in [-0.4, -0.2) is 62.9 Å². The molecule has 0 aromatic heterocycles. The van der Waals surface area contributed by atoms with Crippen molar-refractivity contribution in [1.82, 2.24) is 9.62 Å². The number of hydrogen-bond acceptors (Lipinski definition) is 6. The topological polar surface area (TPSA) is 96.0 Å². The third-order valence-electron chi connectivity index (χ3n) is 5.73. The quantitative estimate of drug-likeness (QED) is 0.692. The number of carbonyl (C=O) groups is 2. The van der Waals surface area contributed by atoms with E-state index in [1.54, 1.807) is 39.0 Å². The van der Waals surface area contributed by atoms with E-state index < -0.39 is 21.7 Å². The second kappa shape index (κ2) is 9.56. The summed E-state index contributed by atoms with van der Waals surface area (Å²) < 4.78 is 33.1. The van der Waals surface area contributed by atoms with E-state index in [0.29, 0.717) is 25.9 Å². The fraction of sp³-hybridized carbons (Fsp3) is 0.636. The highest BCUT2D eigenvalue weighted by Gasteiger charge is 2.31. The maximum absolute atomic E-state index is 13.2. The number of piperidine rings is 2. The summed E-state index contributed by atoms with van der Waals surface area (Å²) in [5.41, 5.74) is 0.300. The number of anilines is 1. The molecule has 0 bridgehead atoms. The van der Waals surface area contributed by atoms with Crippen molar-refractivity contribution in [3.63, 3.8) is 0 Å². The van der Waals surface area contributed by atoms with E-state index in [-0.39, 0.29) is 16.9 Å². The summed E-state index contributed by atoms with van der Waals surface area (Å²) in [6, 6.07) is 6.93. The van der Waals surface area contributed by atoms with Gasteiger partial charge < -0.3 is 19.7 Å².